The highest BCUT2D eigenvalue weighted by Gasteiger charge is 2.28. The summed E-state index contributed by atoms with van der Waals surface area (Å²) in [7, 11) is 0. The number of nitrogens with one attached hydrogen (secondary N) is 2. The summed E-state index contributed by atoms with van der Waals surface area (Å²) < 4.78 is 10.3. The van der Waals surface area contributed by atoms with Gasteiger partial charge in [-0.15, -0.1) is 24.0 Å². The summed E-state index contributed by atoms with van der Waals surface area (Å²) in [6.45, 7) is 6.98. The molecule has 1 aromatic carbocycles. The number of piperidine rings is 1. The molecule has 1 aliphatic rings. The van der Waals surface area contributed by atoms with Crippen molar-refractivity contribution in [2.45, 2.75) is 33.2 Å². The molecule has 1 amide bonds. The van der Waals surface area contributed by atoms with Crippen LogP contribution in [0.4, 0.5) is 5.69 Å². The Hall–Kier alpha value is -2.56. The second kappa shape index (κ2) is 13.1. The minimum Gasteiger partial charge on any atom is -0.466 e. The Morgan fingerprint density at radius 3 is 2.66 bits per heavy atom. The highest BCUT2D eigenvalue weighted by molar-refractivity contribution is 14.0. The topological polar surface area (TPSA) is 96.2 Å². The van der Waals surface area contributed by atoms with Crippen LogP contribution >= 0.6 is 24.0 Å². The molecule has 1 atom stereocenters. The standard InChI is InChI=1S/C23H30N4O4.HI/c1-3-24-23(27-13-5-7-18(16-27)22(29)30-4-2)25-15-17-9-11-19(12-10-17)26-21(28)20-8-6-14-31-20;/h6,8-12,14,18H,3-5,7,13,15-16H2,1-2H3,(H,24,25)(H,26,28);1H. The minimum atomic E-state index is -0.286. The van der Waals surface area contributed by atoms with Crippen molar-refractivity contribution in [2.24, 2.45) is 10.9 Å². The molecule has 2 N–H and O–H groups in total. The Balaban J connectivity index is 0.00000363. The third kappa shape index (κ3) is 7.25. The minimum absolute atomic E-state index is 0. The van der Waals surface area contributed by atoms with Gasteiger partial charge in [-0.25, -0.2) is 4.99 Å². The summed E-state index contributed by atoms with van der Waals surface area (Å²) in [6, 6.07) is 10.8. The van der Waals surface area contributed by atoms with Crippen LogP contribution in [0.2, 0.25) is 0 Å². The molecular weight excluding hydrogens is 523 g/mol. The van der Waals surface area contributed by atoms with Crippen LogP contribution in [0.5, 0.6) is 0 Å². The van der Waals surface area contributed by atoms with Gasteiger partial charge in [0.1, 0.15) is 0 Å². The Bertz CT molecular complexity index is 884. The van der Waals surface area contributed by atoms with E-state index in [9.17, 15) is 9.59 Å². The SMILES string of the molecule is CCNC(=NCc1ccc(NC(=O)c2ccco2)cc1)N1CCCC(C(=O)OCC)C1.I. The van der Waals surface area contributed by atoms with Crippen LogP contribution in [0.25, 0.3) is 0 Å². The maximum atomic E-state index is 12.1. The molecule has 1 aliphatic heterocycles. The van der Waals surface area contributed by atoms with Gasteiger partial charge in [-0.1, -0.05) is 12.1 Å². The van der Waals surface area contributed by atoms with Crippen LogP contribution in [-0.4, -0.2) is 49.0 Å². The first kappa shape index (κ1) is 25.7. The lowest BCUT2D eigenvalue weighted by molar-refractivity contribution is -0.149. The number of benzene rings is 1. The predicted octanol–water partition coefficient (Wildman–Crippen LogP) is 3.89. The normalized spacial score (nSPS) is 16.1. The summed E-state index contributed by atoms with van der Waals surface area (Å²) in [5.74, 6) is 0.537. The van der Waals surface area contributed by atoms with E-state index >= 15 is 0 Å². The molecule has 0 radical (unpaired) electrons. The second-order valence-electron chi connectivity index (χ2n) is 7.34. The zero-order chi connectivity index (χ0) is 22.1. The Kier molecular flexibility index (Phi) is 10.5. The molecule has 2 aromatic rings. The van der Waals surface area contributed by atoms with Crippen LogP contribution in [0, 0.1) is 5.92 Å². The van der Waals surface area contributed by atoms with Gasteiger partial charge < -0.3 is 24.7 Å². The average molecular weight is 554 g/mol. The molecule has 174 valence electrons. The van der Waals surface area contributed by atoms with Crippen LogP contribution < -0.4 is 10.6 Å². The van der Waals surface area contributed by atoms with Crippen LogP contribution in [0.15, 0.2) is 52.1 Å². The van der Waals surface area contributed by atoms with Crippen molar-refractivity contribution in [1.29, 1.82) is 0 Å². The van der Waals surface area contributed by atoms with E-state index in [1.807, 2.05) is 38.1 Å². The van der Waals surface area contributed by atoms with E-state index in [2.05, 4.69) is 15.5 Å². The maximum absolute atomic E-state index is 12.1. The van der Waals surface area contributed by atoms with Gasteiger partial charge in [0.15, 0.2) is 11.7 Å². The van der Waals surface area contributed by atoms with Crippen molar-refractivity contribution in [2.75, 3.05) is 31.6 Å². The maximum Gasteiger partial charge on any atom is 0.310 e. The number of nitrogens with zero attached hydrogens (tertiary/aromatic N) is 2. The van der Waals surface area contributed by atoms with E-state index in [4.69, 9.17) is 14.1 Å². The third-order valence-corrected chi connectivity index (χ3v) is 5.04. The number of likely N-dealkylation sites (tertiary alicyclic amines) is 1. The number of anilines is 1. The van der Waals surface area contributed by atoms with E-state index in [1.165, 1.54) is 6.26 Å². The number of carbonyl (C=O) groups excluding carboxylic acids is 2. The number of carbonyl (C=O) groups is 2. The number of esters is 1. The van der Waals surface area contributed by atoms with Gasteiger partial charge >= 0.3 is 5.97 Å². The Labute approximate surface area is 205 Å². The van der Waals surface area contributed by atoms with E-state index in [0.29, 0.717) is 25.4 Å². The fourth-order valence-electron chi connectivity index (χ4n) is 3.51. The van der Waals surface area contributed by atoms with Crippen LogP contribution in [-0.2, 0) is 16.1 Å². The summed E-state index contributed by atoms with van der Waals surface area (Å²) in [4.78, 5) is 31.1. The molecule has 1 saturated heterocycles. The number of hydrogen-bond donors (Lipinski definition) is 2. The first-order valence-corrected chi connectivity index (χ1v) is 10.7. The monoisotopic (exact) mass is 554 g/mol. The zero-order valence-corrected chi connectivity index (χ0v) is 20.8. The van der Waals surface area contributed by atoms with Gasteiger partial charge in [0, 0.05) is 25.3 Å². The number of rotatable bonds is 7. The largest absolute Gasteiger partial charge is 0.466 e. The van der Waals surface area contributed by atoms with Gasteiger partial charge in [-0.05, 0) is 56.5 Å². The quantitative estimate of drug-likeness (QED) is 0.234. The average Bonchev–Trinajstić information content (AvgIpc) is 3.33. The highest BCUT2D eigenvalue weighted by Crippen LogP contribution is 2.19. The van der Waals surface area contributed by atoms with Gasteiger partial charge in [0.05, 0.1) is 25.3 Å². The van der Waals surface area contributed by atoms with E-state index < -0.39 is 0 Å². The smallest absolute Gasteiger partial charge is 0.310 e. The third-order valence-electron chi connectivity index (χ3n) is 5.04. The number of hydrogen-bond acceptors (Lipinski definition) is 5. The molecule has 9 heteroatoms. The van der Waals surface area contributed by atoms with Crippen molar-refractivity contribution in [3.8, 4) is 0 Å². The summed E-state index contributed by atoms with van der Waals surface area (Å²) >= 11 is 0. The highest BCUT2D eigenvalue weighted by atomic mass is 127. The lowest BCUT2D eigenvalue weighted by Gasteiger charge is -2.34. The molecule has 1 fully saturated rings. The molecule has 0 spiro atoms. The molecule has 8 nitrogen and oxygen atoms in total. The van der Waals surface area contributed by atoms with Gasteiger partial charge in [-0.3, -0.25) is 9.59 Å². The predicted molar refractivity (Wildman–Crippen MR) is 134 cm³/mol. The lowest BCUT2D eigenvalue weighted by atomic mass is 9.98. The second-order valence-corrected chi connectivity index (χ2v) is 7.34. The fraction of sp³-hybridized carbons (Fsp3) is 0.435. The fourth-order valence-corrected chi connectivity index (χ4v) is 3.51. The number of aliphatic imine (C=N–C) groups is 1. The first-order valence-electron chi connectivity index (χ1n) is 10.7. The molecule has 1 aromatic heterocycles. The van der Waals surface area contributed by atoms with Crippen molar-refractivity contribution in [3.63, 3.8) is 0 Å². The number of guanidine groups is 1. The van der Waals surface area contributed by atoms with Crippen molar-refractivity contribution < 1.29 is 18.7 Å². The molecule has 2 heterocycles. The molecule has 0 saturated carbocycles. The van der Waals surface area contributed by atoms with E-state index in [-0.39, 0.29) is 47.5 Å². The summed E-state index contributed by atoms with van der Waals surface area (Å²) in [5, 5.41) is 6.12. The molecule has 1 unspecified atom stereocenters. The van der Waals surface area contributed by atoms with E-state index in [0.717, 1.165) is 37.5 Å². The molecule has 3 rings (SSSR count). The van der Waals surface area contributed by atoms with Crippen molar-refractivity contribution >= 4 is 47.5 Å². The first-order chi connectivity index (χ1) is 15.1. The molecule has 0 bridgehead atoms. The Morgan fingerprint density at radius 1 is 1.22 bits per heavy atom. The van der Waals surface area contributed by atoms with E-state index in [1.54, 1.807) is 12.1 Å². The van der Waals surface area contributed by atoms with Gasteiger partial charge in [-0.2, -0.15) is 0 Å². The van der Waals surface area contributed by atoms with Crippen molar-refractivity contribution in [3.05, 3.63) is 54.0 Å². The number of ether oxygens (including phenoxy) is 1. The summed E-state index contributed by atoms with van der Waals surface area (Å²) in [5.41, 5.74) is 1.71. The Morgan fingerprint density at radius 2 is 2.00 bits per heavy atom. The van der Waals surface area contributed by atoms with Gasteiger partial charge in [0.2, 0.25) is 0 Å². The number of amides is 1. The molecule has 0 aliphatic carbocycles. The van der Waals surface area contributed by atoms with Crippen LogP contribution in [0.3, 0.4) is 0 Å². The van der Waals surface area contributed by atoms with Gasteiger partial charge in [0.25, 0.3) is 5.91 Å². The molecular formula is C23H31IN4O4. The number of halogens is 1. The summed E-state index contributed by atoms with van der Waals surface area (Å²) in [6.07, 6.45) is 3.24. The number of furan rings is 1. The van der Waals surface area contributed by atoms with Crippen molar-refractivity contribution in [1.82, 2.24) is 10.2 Å². The zero-order valence-electron chi connectivity index (χ0n) is 18.5. The lowest BCUT2D eigenvalue weighted by Crippen LogP contribution is -2.48. The molecule has 32 heavy (non-hydrogen) atoms. The van der Waals surface area contributed by atoms with Crippen LogP contribution in [0.1, 0.15) is 42.8 Å².